The predicted molar refractivity (Wildman–Crippen MR) is 81.3 cm³/mol. The molecule has 0 aliphatic carbocycles. The quantitative estimate of drug-likeness (QED) is 0.772. The predicted octanol–water partition coefficient (Wildman–Crippen LogP) is 1.69. The first-order chi connectivity index (χ1) is 10.1. The van der Waals surface area contributed by atoms with Crippen molar-refractivity contribution in [2.45, 2.75) is 26.8 Å². The zero-order valence-corrected chi connectivity index (χ0v) is 12.5. The van der Waals surface area contributed by atoms with Gasteiger partial charge in [-0.1, -0.05) is 0 Å². The maximum atomic E-state index is 4.47. The molecule has 0 aliphatic heterocycles. The van der Waals surface area contributed by atoms with Crippen LogP contribution in [0, 0.1) is 13.8 Å². The van der Waals surface area contributed by atoms with Crippen molar-refractivity contribution in [1.82, 2.24) is 29.9 Å². The van der Waals surface area contributed by atoms with Crippen molar-refractivity contribution < 1.29 is 0 Å². The number of hydrogen-bond acceptors (Lipinski definition) is 5. The lowest BCUT2D eigenvalue weighted by molar-refractivity contribution is 0.560. The molecule has 0 aromatic carbocycles. The van der Waals surface area contributed by atoms with E-state index in [1.807, 2.05) is 23.6 Å². The molecule has 0 spiro atoms. The molecule has 0 amide bonds. The van der Waals surface area contributed by atoms with E-state index in [-0.39, 0.29) is 0 Å². The van der Waals surface area contributed by atoms with Gasteiger partial charge in [0, 0.05) is 32.0 Å². The molecule has 0 saturated carbocycles. The summed E-state index contributed by atoms with van der Waals surface area (Å²) in [4.78, 5) is 10.9. The minimum atomic E-state index is 0.708. The van der Waals surface area contributed by atoms with Crippen molar-refractivity contribution in [2.75, 3.05) is 18.5 Å². The molecule has 3 aromatic rings. The van der Waals surface area contributed by atoms with Crippen LogP contribution in [0.15, 0.2) is 18.5 Å². The van der Waals surface area contributed by atoms with Crippen molar-refractivity contribution in [3.63, 3.8) is 0 Å². The number of hydrogen-bond donors (Lipinski definition) is 1. The van der Waals surface area contributed by atoms with Crippen molar-refractivity contribution in [3.05, 3.63) is 29.8 Å². The number of aromatic amines is 1. The molecule has 21 heavy (non-hydrogen) atoms. The van der Waals surface area contributed by atoms with Crippen LogP contribution in [0.4, 0.5) is 5.95 Å². The fourth-order valence-electron chi connectivity index (χ4n) is 2.37. The van der Waals surface area contributed by atoms with E-state index in [0.717, 1.165) is 36.2 Å². The number of fused-ring (bicyclic) bond motifs is 1. The lowest BCUT2D eigenvalue weighted by Gasteiger charge is -2.16. The highest BCUT2D eigenvalue weighted by Gasteiger charge is 2.07. The number of nitrogens with zero attached hydrogens (tertiary/aromatic N) is 6. The lowest BCUT2D eigenvalue weighted by Crippen LogP contribution is -2.22. The standard InChI is InChI=1S/C14H19N7/c1-10-7-11(2)21(19-10)6-4-5-20(3)14-15-8-12-9-16-18-13(12)17-14/h7-9H,4-6H2,1-3H3,(H,15,16,17,18). The summed E-state index contributed by atoms with van der Waals surface area (Å²) in [5.74, 6) is 0.708. The minimum Gasteiger partial charge on any atom is -0.344 e. The summed E-state index contributed by atoms with van der Waals surface area (Å²) in [6.07, 6.45) is 4.50. The van der Waals surface area contributed by atoms with Crippen LogP contribution in [0.25, 0.3) is 11.0 Å². The lowest BCUT2D eigenvalue weighted by atomic mass is 10.3. The van der Waals surface area contributed by atoms with Crippen LogP contribution in [-0.4, -0.2) is 43.5 Å². The van der Waals surface area contributed by atoms with Gasteiger partial charge in [-0.3, -0.25) is 9.78 Å². The van der Waals surface area contributed by atoms with E-state index >= 15 is 0 Å². The zero-order valence-electron chi connectivity index (χ0n) is 12.5. The molecule has 0 saturated heterocycles. The zero-order chi connectivity index (χ0) is 14.8. The first kappa shape index (κ1) is 13.5. The van der Waals surface area contributed by atoms with E-state index in [1.54, 1.807) is 12.4 Å². The van der Waals surface area contributed by atoms with Gasteiger partial charge >= 0.3 is 0 Å². The minimum absolute atomic E-state index is 0.708. The van der Waals surface area contributed by atoms with Crippen LogP contribution < -0.4 is 4.90 Å². The maximum absolute atomic E-state index is 4.47. The summed E-state index contributed by atoms with van der Waals surface area (Å²) in [7, 11) is 2.00. The average Bonchev–Trinajstić information content (AvgIpc) is 3.04. The Bertz CT molecular complexity index is 743. The number of nitrogens with one attached hydrogen (secondary N) is 1. The molecule has 0 atom stereocenters. The van der Waals surface area contributed by atoms with E-state index in [4.69, 9.17) is 0 Å². The SMILES string of the molecule is Cc1cc(C)n(CCCN(C)c2ncc3cn[nH]c3n2)n1. The topological polar surface area (TPSA) is 75.5 Å². The number of H-pyrrole nitrogens is 1. The van der Waals surface area contributed by atoms with E-state index in [9.17, 15) is 0 Å². The van der Waals surface area contributed by atoms with E-state index in [1.165, 1.54) is 5.69 Å². The van der Waals surface area contributed by atoms with Crippen molar-refractivity contribution in [3.8, 4) is 0 Å². The van der Waals surface area contributed by atoms with Crippen LogP contribution in [0.5, 0.6) is 0 Å². The Hall–Kier alpha value is -2.44. The van der Waals surface area contributed by atoms with Crippen molar-refractivity contribution >= 4 is 17.0 Å². The molecule has 110 valence electrons. The van der Waals surface area contributed by atoms with E-state index < -0.39 is 0 Å². The second-order valence-corrected chi connectivity index (χ2v) is 5.27. The summed E-state index contributed by atoms with van der Waals surface area (Å²) in [5, 5.41) is 12.2. The number of anilines is 1. The molecule has 7 nitrogen and oxygen atoms in total. The monoisotopic (exact) mass is 285 g/mol. The summed E-state index contributed by atoms with van der Waals surface area (Å²) in [6, 6.07) is 2.10. The van der Waals surface area contributed by atoms with Crippen molar-refractivity contribution in [1.29, 1.82) is 0 Å². The van der Waals surface area contributed by atoms with Gasteiger partial charge in [-0.2, -0.15) is 15.2 Å². The summed E-state index contributed by atoms with van der Waals surface area (Å²) < 4.78 is 2.04. The van der Waals surface area contributed by atoms with Gasteiger partial charge in [-0.25, -0.2) is 4.98 Å². The molecule has 3 aromatic heterocycles. The van der Waals surface area contributed by atoms with Crippen molar-refractivity contribution in [2.24, 2.45) is 0 Å². The normalized spacial score (nSPS) is 11.2. The Morgan fingerprint density at radius 1 is 1.29 bits per heavy atom. The van der Waals surface area contributed by atoms with Crippen LogP contribution in [-0.2, 0) is 6.54 Å². The largest absolute Gasteiger partial charge is 0.344 e. The van der Waals surface area contributed by atoms with Crippen LogP contribution >= 0.6 is 0 Å². The Kier molecular flexibility index (Phi) is 3.55. The van der Waals surface area contributed by atoms with Gasteiger partial charge in [-0.15, -0.1) is 0 Å². The Labute approximate surface area is 123 Å². The Balaban J connectivity index is 1.60. The van der Waals surface area contributed by atoms with Gasteiger partial charge in [0.25, 0.3) is 0 Å². The molecule has 0 aliphatic rings. The van der Waals surface area contributed by atoms with Gasteiger partial charge in [0.2, 0.25) is 5.95 Å². The highest BCUT2D eigenvalue weighted by molar-refractivity contribution is 5.73. The number of aromatic nitrogens is 6. The molecule has 0 fully saturated rings. The second kappa shape index (κ2) is 5.51. The number of rotatable bonds is 5. The average molecular weight is 285 g/mol. The van der Waals surface area contributed by atoms with Gasteiger partial charge in [0.05, 0.1) is 17.3 Å². The molecule has 3 rings (SSSR count). The fourth-order valence-corrected chi connectivity index (χ4v) is 2.37. The van der Waals surface area contributed by atoms with Gasteiger partial charge in [0.1, 0.15) is 0 Å². The molecule has 7 heteroatoms. The molecular weight excluding hydrogens is 266 g/mol. The number of aryl methyl sites for hydroxylation is 3. The Morgan fingerprint density at radius 3 is 2.90 bits per heavy atom. The molecule has 3 heterocycles. The highest BCUT2D eigenvalue weighted by Crippen LogP contribution is 2.12. The van der Waals surface area contributed by atoms with Gasteiger partial charge < -0.3 is 4.90 Å². The van der Waals surface area contributed by atoms with Crippen LogP contribution in [0.3, 0.4) is 0 Å². The maximum Gasteiger partial charge on any atom is 0.227 e. The van der Waals surface area contributed by atoms with Gasteiger partial charge in [0.15, 0.2) is 5.65 Å². The summed E-state index contributed by atoms with van der Waals surface area (Å²) in [5.41, 5.74) is 3.03. The third-order valence-electron chi connectivity index (χ3n) is 3.49. The van der Waals surface area contributed by atoms with Gasteiger partial charge in [-0.05, 0) is 26.3 Å². The van der Waals surface area contributed by atoms with Crippen LogP contribution in [0.1, 0.15) is 17.8 Å². The first-order valence-corrected chi connectivity index (χ1v) is 7.02. The van der Waals surface area contributed by atoms with Crippen LogP contribution in [0.2, 0.25) is 0 Å². The molecular formula is C14H19N7. The summed E-state index contributed by atoms with van der Waals surface area (Å²) in [6.45, 7) is 5.87. The smallest absolute Gasteiger partial charge is 0.227 e. The summed E-state index contributed by atoms with van der Waals surface area (Å²) >= 11 is 0. The Morgan fingerprint density at radius 2 is 2.14 bits per heavy atom. The first-order valence-electron chi connectivity index (χ1n) is 7.02. The highest BCUT2D eigenvalue weighted by atomic mass is 15.3. The molecule has 1 N–H and O–H groups in total. The van der Waals surface area contributed by atoms with E-state index in [0.29, 0.717) is 5.95 Å². The molecule has 0 radical (unpaired) electrons. The third kappa shape index (κ3) is 2.86. The fraction of sp³-hybridized carbons (Fsp3) is 0.429. The van der Waals surface area contributed by atoms with E-state index in [2.05, 4.69) is 38.3 Å². The molecule has 0 unspecified atom stereocenters. The third-order valence-corrected chi connectivity index (χ3v) is 3.49. The second-order valence-electron chi connectivity index (χ2n) is 5.27. The molecule has 0 bridgehead atoms.